The van der Waals surface area contributed by atoms with Crippen LogP contribution in [-0.4, -0.2) is 21.3 Å². The van der Waals surface area contributed by atoms with Crippen LogP contribution < -0.4 is 0 Å². The van der Waals surface area contributed by atoms with Gasteiger partial charge in [-0.2, -0.15) is 0 Å². The molecule has 0 aromatic carbocycles. The number of aliphatic hydroxyl groups excluding tert-OH is 1. The molecule has 0 heterocycles. The van der Waals surface area contributed by atoms with Crippen LogP contribution in [-0.2, 0) is 4.74 Å². The minimum atomic E-state index is -1.66. The summed E-state index contributed by atoms with van der Waals surface area (Å²) in [5.74, 6) is 0. The van der Waals surface area contributed by atoms with Crippen molar-refractivity contribution in [2.75, 3.05) is 6.61 Å². The second-order valence-electron chi connectivity index (χ2n) is 1.96. The fourth-order valence-electron chi connectivity index (χ4n) is 0.360. The van der Waals surface area contributed by atoms with Gasteiger partial charge in [0.2, 0.25) is 4.52 Å². The number of halogens is 2. The predicted molar refractivity (Wildman–Crippen MR) is 54.5 cm³/mol. The van der Waals surface area contributed by atoms with E-state index in [0.29, 0.717) is 6.42 Å². The van der Waals surface area contributed by atoms with Crippen molar-refractivity contribution in [3.63, 3.8) is 0 Å². The highest BCUT2D eigenvalue weighted by atomic mass is 35.5. The quantitative estimate of drug-likeness (QED) is 0.561. The molecule has 78 valence electrons. The molecule has 0 rings (SSSR count). The molecule has 0 unspecified atom stereocenters. The van der Waals surface area contributed by atoms with Crippen molar-refractivity contribution < 1.29 is 14.9 Å². The van der Waals surface area contributed by atoms with Crippen LogP contribution in [0.2, 0.25) is 0 Å². The second-order valence-corrected chi connectivity index (χ2v) is 3.41. The first-order chi connectivity index (χ1) is 5.97. The van der Waals surface area contributed by atoms with Gasteiger partial charge in [0.25, 0.3) is 0 Å². The van der Waals surface area contributed by atoms with Crippen LogP contribution in [0, 0.1) is 0 Å². The third-order valence-corrected chi connectivity index (χ3v) is 1.21. The van der Waals surface area contributed by atoms with E-state index in [1.807, 2.05) is 0 Å². The highest BCUT2D eigenvalue weighted by molar-refractivity contribution is 6.46. The summed E-state index contributed by atoms with van der Waals surface area (Å²) in [6, 6.07) is 0. The van der Waals surface area contributed by atoms with Crippen LogP contribution in [0.15, 0.2) is 25.7 Å². The largest absolute Gasteiger partial charge is 0.474 e. The molecule has 0 aliphatic carbocycles. The molecule has 0 fully saturated rings. The van der Waals surface area contributed by atoms with E-state index >= 15 is 0 Å². The first-order valence-electron chi connectivity index (χ1n) is 3.56. The van der Waals surface area contributed by atoms with Gasteiger partial charge in [-0.1, -0.05) is 36.4 Å². The van der Waals surface area contributed by atoms with Gasteiger partial charge in [-0.3, -0.25) is 0 Å². The Kier molecular flexibility index (Phi) is 11.6. The van der Waals surface area contributed by atoms with Crippen molar-refractivity contribution in [1.82, 2.24) is 0 Å². The Morgan fingerprint density at radius 2 is 1.77 bits per heavy atom. The zero-order valence-corrected chi connectivity index (χ0v) is 8.76. The van der Waals surface area contributed by atoms with Gasteiger partial charge in [-0.05, 0) is 6.42 Å². The van der Waals surface area contributed by atoms with E-state index in [2.05, 4.69) is 17.9 Å². The van der Waals surface area contributed by atoms with Crippen molar-refractivity contribution >= 4 is 23.2 Å². The first kappa shape index (κ1) is 15.3. The Labute approximate surface area is 88.2 Å². The van der Waals surface area contributed by atoms with Crippen LogP contribution in [0.25, 0.3) is 0 Å². The molecular weight excluding hydrogens is 215 g/mol. The predicted octanol–water partition coefficient (Wildman–Crippen LogP) is 2.17. The summed E-state index contributed by atoms with van der Waals surface area (Å²) in [6.45, 7) is 6.52. The van der Waals surface area contributed by atoms with E-state index in [9.17, 15) is 0 Å². The molecule has 0 atom stereocenters. The average Bonchev–Trinajstić information content (AvgIpc) is 2.02. The van der Waals surface area contributed by atoms with Gasteiger partial charge < -0.3 is 14.9 Å². The van der Waals surface area contributed by atoms with Crippen LogP contribution >= 0.6 is 23.2 Å². The standard InChI is InChI=1S/C4H8Cl2O2.C4H6O/c5-4(6,8)2-1-3-7;1-3-5-4-2/h7-8H,1-3H2;3-4H,1-2H2. The number of aliphatic hydroxyl groups is 2. The van der Waals surface area contributed by atoms with E-state index in [4.69, 9.17) is 33.4 Å². The lowest BCUT2D eigenvalue weighted by atomic mass is 10.3. The maximum atomic E-state index is 8.57. The monoisotopic (exact) mass is 228 g/mol. The third-order valence-electron chi connectivity index (χ3n) is 0.828. The van der Waals surface area contributed by atoms with E-state index in [1.54, 1.807) is 0 Å². The van der Waals surface area contributed by atoms with Gasteiger partial charge in [-0.25, -0.2) is 0 Å². The topological polar surface area (TPSA) is 49.7 Å². The number of hydrogen-bond donors (Lipinski definition) is 2. The lowest BCUT2D eigenvalue weighted by molar-refractivity contribution is 0.183. The van der Waals surface area contributed by atoms with Crippen molar-refractivity contribution in [2.45, 2.75) is 17.4 Å². The Morgan fingerprint density at radius 1 is 1.31 bits per heavy atom. The molecule has 0 aromatic rings. The minimum Gasteiger partial charge on any atom is -0.474 e. The van der Waals surface area contributed by atoms with E-state index in [-0.39, 0.29) is 13.0 Å². The Hall–Kier alpha value is -0.220. The summed E-state index contributed by atoms with van der Waals surface area (Å²) in [5.41, 5.74) is 0. The van der Waals surface area contributed by atoms with Crippen LogP contribution in [0.1, 0.15) is 12.8 Å². The summed E-state index contributed by atoms with van der Waals surface area (Å²) < 4.78 is 2.70. The van der Waals surface area contributed by atoms with Crippen LogP contribution in [0.5, 0.6) is 0 Å². The first-order valence-corrected chi connectivity index (χ1v) is 4.32. The van der Waals surface area contributed by atoms with Gasteiger partial charge in [0.15, 0.2) is 0 Å². The lowest BCUT2D eigenvalue weighted by Gasteiger charge is -2.08. The fourth-order valence-corrected chi connectivity index (χ4v) is 0.627. The summed E-state index contributed by atoms with van der Waals surface area (Å²) in [6.07, 6.45) is 3.25. The molecule has 0 bridgehead atoms. The van der Waals surface area contributed by atoms with Gasteiger partial charge in [0, 0.05) is 13.0 Å². The fraction of sp³-hybridized carbons (Fsp3) is 0.500. The maximum absolute atomic E-state index is 8.57. The number of rotatable bonds is 5. The zero-order chi connectivity index (χ0) is 10.7. The Morgan fingerprint density at radius 3 is 1.85 bits per heavy atom. The molecule has 0 aliphatic rings. The minimum absolute atomic E-state index is 0.00174. The Balaban J connectivity index is 0. The molecule has 0 radical (unpaired) electrons. The smallest absolute Gasteiger partial charge is 0.215 e. The van der Waals surface area contributed by atoms with E-state index in [1.165, 1.54) is 12.5 Å². The van der Waals surface area contributed by atoms with Gasteiger partial charge in [-0.15, -0.1) is 0 Å². The molecular formula is C8H14Cl2O3. The number of alkyl halides is 2. The zero-order valence-electron chi connectivity index (χ0n) is 7.25. The normalized spacial score (nSPS) is 9.54. The molecule has 0 saturated heterocycles. The van der Waals surface area contributed by atoms with Crippen molar-refractivity contribution in [3.05, 3.63) is 25.7 Å². The molecule has 5 heteroatoms. The molecule has 0 amide bonds. The molecule has 0 spiro atoms. The molecule has 3 nitrogen and oxygen atoms in total. The van der Waals surface area contributed by atoms with Crippen molar-refractivity contribution in [1.29, 1.82) is 0 Å². The van der Waals surface area contributed by atoms with Gasteiger partial charge >= 0.3 is 0 Å². The second kappa shape index (κ2) is 9.86. The highest BCUT2D eigenvalue weighted by Crippen LogP contribution is 2.21. The maximum Gasteiger partial charge on any atom is 0.215 e. The van der Waals surface area contributed by atoms with Crippen LogP contribution in [0.3, 0.4) is 0 Å². The molecule has 0 aliphatic heterocycles. The summed E-state index contributed by atoms with van der Waals surface area (Å²) in [7, 11) is 0. The van der Waals surface area contributed by atoms with Gasteiger partial charge in [0.1, 0.15) is 0 Å². The van der Waals surface area contributed by atoms with Gasteiger partial charge in [0.05, 0.1) is 12.5 Å². The number of ether oxygens (including phenoxy) is 1. The van der Waals surface area contributed by atoms with E-state index < -0.39 is 4.52 Å². The van der Waals surface area contributed by atoms with E-state index in [0.717, 1.165) is 0 Å². The molecule has 0 aromatic heterocycles. The summed E-state index contributed by atoms with van der Waals surface area (Å²) in [4.78, 5) is 0. The summed E-state index contributed by atoms with van der Waals surface area (Å²) in [5, 5.41) is 16.8. The molecule has 0 saturated carbocycles. The van der Waals surface area contributed by atoms with Crippen molar-refractivity contribution in [2.24, 2.45) is 0 Å². The Bertz CT molecular complexity index is 126. The summed E-state index contributed by atoms with van der Waals surface area (Å²) >= 11 is 10.2. The lowest BCUT2D eigenvalue weighted by Crippen LogP contribution is -2.10. The SMILES string of the molecule is C=COC=C.OCCCC(O)(Cl)Cl. The highest BCUT2D eigenvalue weighted by Gasteiger charge is 2.16. The third kappa shape index (κ3) is 24.5. The van der Waals surface area contributed by atoms with Crippen molar-refractivity contribution in [3.8, 4) is 0 Å². The average molecular weight is 229 g/mol. The number of hydrogen-bond acceptors (Lipinski definition) is 3. The molecule has 13 heavy (non-hydrogen) atoms. The molecule has 2 N–H and O–H groups in total. The van der Waals surface area contributed by atoms with Crippen LogP contribution in [0.4, 0.5) is 0 Å².